The maximum Gasteiger partial charge on any atom is 0.214 e. The van der Waals surface area contributed by atoms with Crippen LogP contribution in [0, 0.1) is 17.8 Å². The van der Waals surface area contributed by atoms with E-state index >= 15 is 0 Å². The maximum atomic E-state index is 12.5. The van der Waals surface area contributed by atoms with Crippen LogP contribution in [-0.2, 0) is 10.0 Å². The molecule has 19 heavy (non-hydrogen) atoms. The molecule has 2 saturated heterocycles. The Balaban J connectivity index is 1.61. The van der Waals surface area contributed by atoms with Gasteiger partial charge in [0.05, 0.1) is 11.9 Å². The van der Waals surface area contributed by atoms with Crippen LogP contribution in [0.4, 0.5) is 0 Å². The molecular formula is C13H24N2O3S. The van der Waals surface area contributed by atoms with E-state index in [1.54, 1.807) is 4.31 Å². The lowest BCUT2D eigenvalue weighted by Crippen LogP contribution is -2.38. The van der Waals surface area contributed by atoms with E-state index in [0.29, 0.717) is 30.7 Å². The van der Waals surface area contributed by atoms with Crippen molar-refractivity contribution >= 4 is 10.0 Å². The molecule has 2 heterocycles. The van der Waals surface area contributed by atoms with Crippen LogP contribution >= 0.6 is 0 Å². The third kappa shape index (κ3) is 2.82. The van der Waals surface area contributed by atoms with Gasteiger partial charge in [-0.1, -0.05) is 0 Å². The van der Waals surface area contributed by atoms with E-state index in [2.05, 4.69) is 5.32 Å². The van der Waals surface area contributed by atoms with Crippen molar-refractivity contribution in [3.63, 3.8) is 0 Å². The summed E-state index contributed by atoms with van der Waals surface area (Å²) in [6, 6.07) is 0. The number of fused-ring (bicyclic) bond motifs is 1. The zero-order valence-electron chi connectivity index (χ0n) is 11.3. The predicted molar refractivity (Wildman–Crippen MR) is 73.2 cm³/mol. The summed E-state index contributed by atoms with van der Waals surface area (Å²) in [6.45, 7) is 3.04. The van der Waals surface area contributed by atoms with Gasteiger partial charge in [0.25, 0.3) is 0 Å². The number of aliphatic hydroxyl groups excluding tert-OH is 1. The number of rotatable bonds is 3. The van der Waals surface area contributed by atoms with E-state index in [1.165, 1.54) is 0 Å². The Morgan fingerprint density at radius 3 is 2.53 bits per heavy atom. The van der Waals surface area contributed by atoms with Crippen LogP contribution < -0.4 is 5.32 Å². The molecule has 3 aliphatic rings. The van der Waals surface area contributed by atoms with Gasteiger partial charge in [-0.2, -0.15) is 0 Å². The zero-order chi connectivity index (χ0) is 13.5. The van der Waals surface area contributed by atoms with Crippen molar-refractivity contribution in [1.29, 1.82) is 0 Å². The molecule has 0 aromatic heterocycles. The molecule has 0 aromatic carbocycles. The second-order valence-corrected chi connectivity index (χ2v) is 8.37. The lowest BCUT2D eigenvalue weighted by molar-refractivity contribution is 0.129. The monoisotopic (exact) mass is 288 g/mol. The molecule has 110 valence electrons. The van der Waals surface area contributed by atoms with Gasteiger partial charge in [-0.3, -0.25) is 0 Å². The summed E-state index contributed by atoms with van der Waals surface area (Å²) in [5, 5.41) is 13.1. The van der Waals surface area contributed by atoms with Gasteiger partial charge >= 0.3 is 0 Å². The van der Waals surface area contributed by atoms with Crippen LogP contribution in [-0.4, -0.2) is 55.9 Å². The van der Waals surface area contributed by atoms with Gasteiger partial charge in [0.1, 0.15) is 0 Å². The Labute approximate surface area is 115 Å². The average molecular weight is 288 g/mol. The molecule has 0 spiro atoms. The van der Waals surface area contributed by atoms with Crippen LogP contribution in [0.5, 0.6) is 0 Å². The first-order chi connectivity index (χ1) is 9.06. The van der Waals surface area contributed by atoms with Gasteiger partial charge < -0.3 is 10.4 Å². The highest BCUT2D eigenvalue weighted by Crippen LogP contribution is 2.39. The van der Waals surface area contributed by atoms with Crippen molar-refractivity contribution in [3.05, 3.63) is 0 Å². The van der Waals surface area contributed by atoms with Gasteiger partial charge in [-0.15, -0.1) is 0 Å². The van der Waals surface area contributed by atoms with Crippen LogP contribution in [0.3, 0.4) is 0 Å². The molecule has 1 saturated carbocycles. The quantitative estimate of drug-likeness (QED) is 0.768. The summed E-state index contributed by atoms with van der Waals surface area (Å²) in [6.07, 6.45) is 3.46. The molecule has 3 fully saturated rings. The number of hydrogen-bond acceptors (Lipinski definition) is 4. The van der Waals surface area contributed by atoms with E-state index in [0.717, 1.165) is 38.8 Å². The fourth-order valence-electron chi connectivity index (χ4n) is 3.87. The second kappa shape index (κ2) is 5.31. The fraction of sp³-hybridized carbons (Fsp3) is 1.00. The Kier molecular flexibility index (Phi) is 3.86. The summed E-state index contributed by atoms with van der Waals surface area (Å²) >= 11 is 0. The average Bonchev–Trinajstić information content (AvgIpc) is 2.93. The summed E-state index contributed by atoms with van der Waals surface area (Å²) in [4.78, 5) is 0. The minimum absolute atomic E-state index is 0.183. The van der Waals surface area contributed by atoms with Crippen LogP contribution in [0.1, 0.15) is 25.7 Å². The first kappa shape index (κ1) is 13.8. The predicted octanol–water partition coefficient (Wildman–Crippen LogP) is 0.0185. The van der Waals surface area contributed by atoms with Crippen LogP contribution in [0.25, 0.3) is 0 Å². The molecule has 6 heteroatoms. The Bertz CT molecular complexity index is 420. The molecule has 2 N–H and O–H groups in total. The minimum atomic E-state index is -3.13. The molecular weight excluding hydrogens is 264 g/mol. The Morgan fingerprint density at radius 1 is 1.11 bits per heavy atom. The molecule has 0 bridgehead atoms. The number of hydrogen-bond donors (Lipinski definition) is 2. The summed E-state index contributed by atoms with van der Waals surface area (Å²) in [5.74, 6) is 1.17. The van der Waals surface area contributed by atoms with Crippen molar-refractivity contribution in [3.8, 4) is 0 Å². The van der Waals surface area contributed by atoms with Crippen molar-refractivity contribution in [2.75, 3.05) is 31.9 Å². The highest BCUT2D eigenvalue weighted by molar-refractivity contribution is 7.89. The molecule has 0 aromatic rings. The smallest absolute Gasteiger partial charge is 0.214 e. The molecule has 5 nitrogen and oxygen atoms in total. The Morgan fingerprint density at radius 2 is 1.84 bits per heavy atom. The SMILES string of the molecule is O=S(=O)(CC1CCNCC1)N1CC2CCC(O)C2C1. The molecule has 3 atom stereocenters. The molecule has 3 unspecified atom stereocenters. The maximum absolute atomic E-state index is 12.5. The highest BCUT2D eigenvalue weighted by Gasteiger charge is 2.45. The van der Waals surface area contributed by atoms with Gasteiger partial charge in [0.15, 0.2) is 0 Å². The van der Waals surface area contributed by atoms with E-state index < -0.39 is 10.0 Å². The Hall–Kier alpha value is -0.170. The van der Waals surface area contributed by atoms with Crippen molar-refractivity contribution in [2.45, 2.75) is 31.8 Å². The third-order valence-electron chi connectivity index (χ3n) is 5.08. The van der Waals surface area contributed by atoms with E-state index in [1.807, 2.05) is 0 Å². The van der Waals surface area contributed by atoms with Crippen molar-refractivity contribution < 1.29 is 13.5 Å². The van der Waals surface area contributed by atoms with E-state index in [4.69, 9.17) is 0 Å². The molecule has 1 aliphatic carbocycles. The highest BCUT2D eigenvalue weighted by atomic mass is 32.2. The largest absolute Gasteiger partial charge is 0.393 e. The topological polar surface area (TPSA) is 69.6 Å². The zero-order valence-corrected chi connectivity index (χ0v) is 12.1. The van der Waals surface area contributed by atoms with Gasteiger partial charge in [0, 0.05) is 19.0 Å². The number of nitrogens with zero attached hydrogens (tertiary/aromatic N) is 1. The fourth-order valence-corrected chi connectivity index (χ4v) is 5.83. The van der Waals surface area contributed by atoms with E-state index in [-0.39, 0.29) is 12.0 Å². The normalized spacial score (nSPS) is 37.6. The van der Waals surface area contributed by atoms with Gasteiger partial charge in [-0.25, -0.2) is 12.7 Å². The summed E-state index contributed by atoms with van der Waals surface area (Å²) in [7, 11) is -3.13. The number of sulfonamides is 1. The van der Waals surface area contributed by atoms with Gasteiger partial charge in [-0.05, 0) is 50.6 Å². The standard InChI is InChI=1S/C13H24N2O3S/c16-13-2-1-11-7-15(8-12(11)13)19(17,18)9-10-3-5-14-6-4-10/h10-14,16H,1-9H2. The lowest BCUT2D eigenvalue weighted by atomic mass is 10.00. The molecule has 3 rings (SSSR count). The number of piperidine rings is 1. The first-order valence-corrected chi connectivity index (χ1v) is 9.04. The summed E-state index contributed by atoms with van der Waals surface area (Å²) in [5.41, 5.74) is 0. The number of nitrogens with one attached hydrogen (secondary N) is 1. The minimum Gasteiger partial charge on any atom is -0.393 e. The second-order valence-electron chi connectivity index (χ2n) is 6.36. The first-order valence-electron chi connectivity index (χ1n) is 7.43. The van der Waals surface area contributed by atoms with Gasteiger partial charge in [0.2, 0.25) is 10.0 Å². The van der Waals surface area contributed by atoms with Crippen molar-refractivity contribution in [1.82, 2.24) is 9.62 Å². The van der Waals surface area contributed by atoms with E-state index in [9.17, 15) is 13.5 Å². The number of aliphatic hydroxyl groups is 1. The molecule has 0 amide bonds. The molecule has 0 radical (unpaired) electrons. The van der Waals surface area contributed by atoms with Crippen LogP contribution in [0.15, 0.2) is 0 Å². The summed E-state index contributed by atoms with van der Waals surface area (Å²) < 4.78 is 26.6. The van der Waals surface area contributed by atoms with Crippen LogP contribution in [0.2, 0.25) is 0 Å². The third-order valence-corrected chi connectivity index (χ3v) is 7.06. The lowest BCUT2D eigenvalue weighted by Gasteiger charge is -2.25. The van der Waals surface area contributed by atoms with Crippen molar-refractivity contribution in [2.24, 2.45) is 17.8 Å². The molecule has 2 aliphatic heterocycles.